The summed E-state index contributed by atoms with van der Waals surface area (Å²) in [6, 6.07) is 14.1. The molecule has 140 valence electrons. The third-order valence-corrected chi connectivity index (χ3v) is 4.38. The van der Waals surface area contributed by atoms with Crippen molar-refractivity contribution in [1.29, 1.82) is 0 Å². The molecule has 7 heteroatoms. The van der Waals surface area contributed by atoms with Gasteiger partial charge in [0.05, 0.1) is 19.8 Å². The quantitative estimate of drug-likeness (QED) is 0.377. The first-order chi connectivity index (χ1) is 12.2. The number of guanidine groups is 1. The lowest BCUT2D eigenvalue weighted by Gasteiger charge is -2.11. The van der Waals surface area contributed by atoms with Crippen molar-refractivity contribution < 1.29 is 9.47 Å². The van der Waals surface area contributed by atoms with Crippen LogP contribution in [-0.4, -0.2) is 25.4 Å². The molecule has 0 amide bonds. The average molecular weight is 485 g/mol. The van der Waals surface area contributed by atoms with Crippen LogP contribution in [0.2, 0.25) is 0 Å². The molecule has 0 fully saturated rings. The first-order valence-electron chi connectivity index (χ1n) is 8.28. The van der Waals surface area contributed by atoms with Gasteiger partial charge in [-0.15, -0.1) is 24.0 Å². The standard InChI is InChI=1S/C19H23N3O2S.HI/c1-25-13-15-5-2-4-14(10-15)12-21-19(20)22-16-6-7-17-18(11-16)24-9-3-8-23-17;/h2,4-7,10-11H,3,8-9,12-13H2,1H3,(H3,20,21,22);1H. The molecular formula is C19H24IN3O2S. The number of benzene rings is 2. The summed E-state index contributed by atoms with van der Waals surface area (Å²) in [4.78, 5) is 4.43. The largest absolute Gasteiger partial charge is 0.490 e. The lowest BCUT2D eigenvalue weighted by molar-refractivity contribution is 0.297. The van der Waals surface area contributed by atoms with Gasteiger partial charge < -0.3 is 20.5 Å². The Morgan fingerprint density at radius 2 is 1.88 bits per heavy atom. The molecule has 0 atom stereocenters. The minimum Gasteiger partial charge on any atom is -0.490 e. The highest BCUT2D eigenvalue weighted by atomic mass is 127. The first-order valence-corrected chi connectivity index (χ1v) is 9.67. The van der Waals surface area contributed by atoms with Crippen molar-refractivity contribution in [2.75, 3.05) is 24.8 Å². The van der Waals surface area contributed by atoms with E-state index in [1.165, 1.54) is 5.56 Å². The number of thioether (sulfide) groups is 1. The summed E-state index contributed by atoms with van der Waals surface area (Å²) < 4.78 is 11.3. The Hall–Kier alpha value is -1.61. The molecule has 3 rings (SSSR count). The highest BCUT2D eigenvalue weighted by Gasteiger charge is 2.10. The van der Waals surface area contributed by atoms with Crippen LogP contribution in [0, 0.1) is 0 Å². The summed E-state index contributed by atoms with van der Waals surface area (Å²) in [6.07, 6.45) is 2.98. The number of hydrogen-bond donors (Lipinski definition) is 2. The molecule has 0 saturated heterocycles. The molecule has 5 nitrogen and oxygen atoms in total. The van der Waals surface area contributed by atoms with E-state index in [4.69, 9.17) is 15.2 Å². The number of fused-ring (bicyclic) bond motifs is 1. The fourth-order valence-electron chi connectivity index (χ4n) is 2.59. The predicted molar refractivity (Wildman–Crippen MR) is 120 cm³/mol. The minimum absolute atomic E-state index is 0. The summed E-state index contributed by atoms with van der Waals surface area (Å²) in [5.41, 5.74) is 9.30. The Morgan fingerprint density at radius 3 is 2.69 bits per heavy atom. The van der Waals surface area contributed by atoms with Crippen LogP contribution in [0.3, 0.4) is 0 Å². The third-order valence-electron chi connectivity index (χ3n) is 3.75. The van der Waals surface area contributed by atoms with Gasteiger partial charge in [0.2, 0.25) is 0 Å². The topological polar surface area (TPSA) is 68.9 Å². The lowest BCUT2D eigenvalue weighted by atomic mass is 10.1. The van der Waals surface area contributed by atoms with Crippen molar-refractivity contribution in [2.24, 2.45) is 10.7 Å². The van der Waals surface area contributed by atoms with E-state index in [0.717, 1.165) is 34.9 Å². The predicted octanol–water partition coefficient (Wildman–Crippen LogP) is 4.26. The van der Waals surface area contributed by atoms with Crippen molar-refractivity contribution in [1.82, 2.24) is 0 Å². The number of anilines is 1. The van der Waals surface area contributed by atoms with Crippen LogP contribution in [0.5, 0.6) is 11.5 Å². The van der Waals surface area contributed by atoms with Gasteiger partial charge in [-0.05, 0) is 29.5 Å². The van der Waals surface area contributed by atoms with E-state index in [2.05, 4.69) is 40.8 Å². The Balaban J connectivity index is 0.00000243. The molecular weight excluding hydrogens is 461 g/mol. The van der Waals surface area contributed by atoms with Gasteiger partial charge in [-0.1, -0.05) is 24.3 Å². The summed E-state index contributed by atoms with van der Waals surface area (Å²) in [6.45, 7) is 1.89. The van der Waals surface area contributed by atoms with Gasteiger partial charge in [0.15, 0.2) is 17.5 Å². The maximum atomic E-state index is 6.02. The van der Waals surface area contributed by atoms with Crippen LogP contribution in [0.25, 0.3) is 0 Å². The van der Waals surface area contributed by atoms with Crippen molar-refractivity contribution >= 4 is 47.4 Å². The molecule has 0 saturated carbocycles. The SMILES string of the molecule is CSCc1cccc(CN=C(N)Nc2ccc3c(c2)OCCCO3)c1.I. The van der Waals surface area contributed by atoms with E-state index in [-0.39, 0.29) is 24.0 Å². The second-order valence-electron chi connectivity index (χ2n) is 5.79. The highest BCUT2D eigenvalue weighted by Crippen LogP contribution is 2.32. The zero-order chi connectivity index (χ0) is 17.5. The number of nitrogens with zero attached hydrogens (tertiary/aromatic N) is 1. The van der Waals surface area contributed by atoms with Crippen molar-refractivity contribution in [3.8, 4) is 11.5 Å². The van der Waals surface area contributed by atoms with Gasteiger partial charge >= 0.3 is 0 Å². The molecule has 0 unspecified atom stereocenters. The van der Waals surface area contributed by atoms with E-state index in [1.807, 2.05) is 30.0 Å². The average Bonchev–Trinajstić information content (AvgIpc) is 2.86. The maximum absolute atomic E-state index is 6.02. The van der Waals surface area contributed by atoms with E-state index in [1.54, 1.807) is 0 Å². The van der Waals surface area contributed by atoms with Gasteiger partial charge in [-0.25, -0.2) is 4.99 Å². The second kappa shape index (κ2) is 10.5. The van der Waals surface area contributed by atoms with Crippen molar-refractivity contribution in [3.05, 3.63) is 53.6 Å². The van der Waals surface area contributed by atoms with E-state index in [9.17, 15) is 0 Å². The molecule has 1 aliphatic heterocycles. The normalized spacial score (nSPS) is 13.5. The first kappa shape index (κ1) is 20.7. The van der Waals surface area contributed by atoms with Crippen LogP contribution < -0.4 is 20.5 Å². The fraction of sp³-hybridized carbons (Fsp3) is 0.316. The fourth-order valence-corrected chi connectivity index (χ4v) is 3.10. The second-order valence-corrected chi connectivity index (χ2v) is 6.66. The molecule has 0 bridgehead atoms. The molecule has 0 aliphatic carbocycles. The maximum Gasteiger partial charge on any atom is 0.193 e. The van der Waals surface area contributed by atoms with E-state index >= 15 is 0 Å². The Labute approximate surface area is 175 Å². The van der Waals surface area contributed by atoms with Crippen LogP contribution in [0.4, 0.5) is 5.69 Å². The Kier molecular flexibility index (Phi) is 8.37. The number of nitrogens with one attached hydrogen (secondary N) is 1. The number of aliphatic imine (C=N–C) groups is 1. The van der Waals surface area contributed by atoms with Crippen LogP contribution >= 0.6 is 35.7 Å². The van der Waals surface area contributed by atoms with Crippen LogP contribution in [0.1, 0.15) is 17.5 Å². The highest BCUT2D eigenvalue weighted by molar-refractivity contribution is 14.0. The molecule has 2 aromatic rings. The van der Waals surface area contributed by atoms with Gasteiger partial charge in [0.25, 0.3) is 0 Å². The molecule has 0 spiro atoms. The lowest BCUT2D eigenvalue weighted by Crippen LogP contribution is -2.22. The third kappa shape index (κ3) is 5.98. The molecule has 1 aliphatic rings. The molecule has 3 N–H and O–H groups in total. The van der Waals surface area contributed by atoms with E-state index in [0.29, 0.717) is 25.7 Å². The van der Waals surface area contributed by atoms with Crippen molar-refractivity contribution in [3.63, 3.8) is 0 Å². The van der Waals surface area contributed by atoms with Gasteiger partial charge in [-0.3, -0.25) is 0 Å². The Bertz CT molecular complexity index is 755. The molecule has 1 heterocycles. The molecule has 26 heavy (non-hydrogen) atoms. The Morgan fingerprint density at radius 1 is 1.12 bits per heavy atom. The van der Waals surface area contributed by atoms with Crippen LogP contribution in [0.15, 0.2) is 47.5 Å². The minimum atomic E-state index is 0. The van der Waals surface area contributed by atoms with Crippen molar-refractivity contribution in [2.45, 2.75) is 18.7 Å². The summed E-state index contributed by atoms with van der Waals surface area (Å²) in [5.74, 6) is 2.89. The van der Waals surface area contributed by atoms with Gasteiger partial charge in [0, 0.05) is 23.9 Å². The number of ether oxygens (including phenoxy) is 2. The van der Waals surface area contributed by atoms with Gasteiger partial charge in [-0.2, -0.15) is 11.8 Å². The number of rotatable bonds is 5. The number of nitrogens with two attached hydrogens (primary N) is 1. The zero-order valence-corrected chi connectivity index (χ0v) is 17.9. The number of halogens is 1. The molecule has 0 aromatic heterocycles. The monoisotopic (exact) mass is 485 g/mol. The van der Waals surface area contributed by atoms with E-state index < -0.39 is 0 Å². The number of hydrogen-bond acceptors (Lipinski definition) is 4. The summed E-state index contributed by atoms with van der Waals surface area (Å²) >= 11 is 1.81. The molecule has 2 aromatic carbocycles. The smallest absolute Gasteiger partial charge is 0.193 e. The van der Waals surface area contributed by atoms with Crippen LogP contribution in [-0.2, 0) is 12.3 Å². The molecule has 0 radical (unpaired) electrons. The summed E-state index contributed by atoms with van der Waals surface area (Å²) in [7, 11) is 0. The zero-order valence-electron chi connectivity index (χ0n) is 14.7. The summed E-state index contributed by atoms with van der Waals surface area (Å²) in [5, 5.41) is 3.11. The van der Waals surface area contributed by atoms with Gasteiger partial charge in [0.1, 0.15) is 0 Å².